The molecule has 2 spiro atoms. The molecule has 2 nitrogen and oxygen atoms in total. The van der Waals surface area contributed by atoms with Crippen LogP contribution in [-0.2, 0) is 9.53 Å². The lowest BCUT2D eigenvalue weighted by atomic mass is 9.42. The fourth-order valence-corrected chi connectivity index (χ4v) is 4.29. The molecule has 0 aromatic rings. The number of carbonyl (C=O) groups is 1. The molecular formula is C13H14O2. The van der Waals surface area contributed by atoms with Gasteiger partial charge >= 0.3 is 5.97 Å². The number of ether oxygens (including phenoxy) is 1. The van der Waals surface area contributed by atoms with Crippen molar-refractivity contribution in [1.29, 1.82) is 0 Å². The van der Waals surface area contributed by atoms with Gasteiger partial charge in [0.15, 0.2) is 0 Å². The lowest BCUT2D eigenvalue weighted by Crippen LogP contribution is -2.64. The van der Waals surface area contributed by atoms with E-state index >= 15 is 0 Å². The number of esters is 1. The zero-order chi connectivity index (χ0) is 10.1. The Morgan fingerprint density at radius 1 is 1.40 bits per heavy atom. The Morgan fingerprint density at radius 3 is 3.27 bits per heavy atom. The number of carbonyl (C=O) groups excluding carboxylic acids is 1. The molecule has 0 aromatic heterocycles. The van der Waals surface area contributed by atoms with Gasteiger partial charge in [0.2, 0.25) is 0 Å². The Kier molecular flexibility index (Phi) is 1.20. The summed E-state index contributed by atoms with van der Waals surface area (Å²) in [4.78, 5) is 11.4. The maximum absolute atomic E-state index is 11.4. The van der Waals surface area contributed by atoms with E-state index in [1.54, 1.807) is 6.08 Å². The summed E-state index contributed by atoms with van der Waals surface area (Å²) in [5.74, 6) is 0.456. The minimum absolute atomic E-state index is 0.129. The van der Waals surface area contributed by atoms with E-state index in [9.17, 15) is 4.79 Å². The summed E-state index contributed by atoms with van der Waals surface area (Å²) >= 11 is 0. The zero-order valence-corrected chi connectivity index (χ0v) is 8.66. The van der Waals surface area contributed by atoms with Crippen LogP contribution in [0.4, 0.5) is 0 Å². The molecule has 2 saturated carbocycles. The van der Waals surface area contributed by atoms with Gasteiger partial charge in [0.1, 0.15) is 5.60 Å². The summed E-state index contributed by atoms with van der Waals surface area (Å²) in [6.07, 6.45) is 12.4. The smallest absolute Gasteiger partial charge is 0.332 e. The van der Waals surface area contributed by atoms with Crippen molar-refractivity contribution >= 4 is 5.97 Å². The highest BCUT2D eigenvalue weighted by atomic mass is 16.6. The van der Waals surface area contributed by atoms with Crippen LogP contribution in [0.5, 0.6) is 0 Å². The van der Waals surface area contributed by atoms with Crippen LogP contribution in [0.1, 0.15) is 32.1 Å². The number of hydrogen-bond acceptors (Lipinski definition) is 2. The number of hydrogen-bond donors (Lipinski definition) is 0. The first-order valence-electron chi connectivity index (χ1n) is 5.90. The quantitative estimate of drug-likeness (QED) is 0.564. The van der Waals surface area contributed by atoms with Crippen LogP contribution in [-0.4, -0.2) is 11.6 Å². The minimum Gasteiger partial charge on any atom is -0.451 e. The first kappa shape index (κ1) is 8.14. The third kappa shape index (κ3) is 0.735. The summed E-state index contributed by atoms with van der Waals surface area (Å²) in [5.41, 5.74) is 1.34. The summed E-state index contributed by atoms with van der Waals surface area (Å²) in [6.45, 7) is 0. The average molecular weight is 202 g/mol. The average Bonchev–Trinajstić information content (AvgIpc) is 2.55. The molecule has 3 atom stereocenters. The van der Waals surface area contributed by atoms with E-state index in [0.717, 1.165) is 12.0 Å². The van der Waals surface area contributed by atoms with E-state index in [2.05, 4.69) is 12.2 Å². The lowest BCUT2D eigenvalue weighted by Gasteiger charge is -2.64. The molecule has 5 rings (SSSR count). The Balaban J connectivity index is 1.85. The molecule has 1 heterocycles. The van der Waals surface area contributed by atoms with Gasteiger partial charge in [-0.1, -0.05) is 25.0 Å². The first-order valence-corrected chi connectivity index (χ1v) is 5.90. The lowest BCUT2D eigenvalue weighted by molar-refractivity contribution is -0.196. The van der Waals surface area contributed by atoms with Gasteiger partial charge in [-0.25, -0.2) is 4.79 Å². The molecule has 1 aliphatic heterocycles. The molecule has 0 amide bonds. The number of rotatable bonds is 0. The topological polar surface area (TPSA) is 26.3 Å². The summed E-state index contributed by atoms with van der Waals surface area (Å²) < 4.78 is 5.60. The fourth-order valence-electron chi connectivity index (χ4n) is 4.29. The molecule has 78 valence electrons. The van der Waals surface area contributed by atoms with E-state index in [4.69, 9.17) is 4.74 Å². The van der Waals surface area contributed by atoms with Crippen molar-refractivity contribution in [2.45, 2.75) is 37.7 Å². The standard InChI is InChI=1S/C13H14O2/c14-11-7-9-4-6-12-5-2-1-3-10(12)13(9,8-12)15-11/h4,6-7,10H,1-3,5,8H2/t10-,12-,13+/m0/s1. The molecule has 0 aromatic carbocycles. The van der Waals surface area contributed by atoms with E-state index in [-0.39, 0.29) is 11.6 Å². The Morgan fingerprint density at radius 2 is 2.33 bits per heavy atom. The van der Waals surface area contributed by atoms with Crippen LogP contribution in [0.3, 0.4) is 0 Å². The second-order valence-electron chi connectivity index (χ2n) is 5.45. The number of allylic oxidation sites excluding steroid dienone is 1. The Labute approximate surface area is 89.0 Å². The van der Waals surface area contributed by atoms with Gasteiger partial charge < -0.3 is 4.74 Å². The molecule has 0 radical (unpaired) electrons. The summed E-state index contributed by atoms with van der Waals surface area (Å²) in [7, 11) is 0. The molecule has 4 aliphatic carbocycles. The molecular weight excluding hydrogens is 188 g/mol. The molecule has 2 heteroatoms. The Hall–Kier alpha value is -1.05. The molecule has 0 N–H and O–H groups in total. The van der Waals surface area contributed by atoms with Crippen LogP contribution in [0.15, 0.2) is 23.8 Å². The monoisotopic (exact) mass is 202 g/mol. The molecule has 0 saturated heterocycles. The zero-order valence-electron chi connectivity index (χ0n) is 8.66. The van der Waals surface area contributed by atoms with Crippen molar-refractivity contribution in [1.82, 2.24) is 0 Å². The van der Waals surface area contributed by atoms with Gasteiger partial charge in [-0.05, 0) is 18.3 Å². The van der Waals surface area contributed by atoms with E-state index in [1.807, 2.05) is 0 Å². The Bertz CT molecular complexity index is 420. The highest BCUT2D eigenvalue weighted by molar-refractivity contribution is 5.88. The minimum atomic E-state index is -0.188. The van der Waals surface area contributed by atoms with E-state index < -0.39 is 0 Å². The van der Waals surface area contributed by atoms with Crippen LogP contribution in [0, 0.1) is 11.3 Å². The summed E-state index contributed by atoms with van der Waals surface area (Å²) in [6, 6.07) is 0. The van der Waals surface area contributed by atoms with Crippen LogP contribution in [0.2, 0.25) is 0 Å². The van der Waals surface area contributed by atoms with Crippen molar-refractivity contribution in [3.05, 3.63) is 23.8 Å². The van der Waals surface area contributed by atoms with Crippen molar-refractivity contribution in [2.24, 2.45) is 11.3 Å². The fraction of sp³-hybridized carbons (Fsp3) is 0.615. The van der Waals surface area contributed by atoms with Crippen LogP contribution in [0.25, 0.3) is 0 Å². The molecule has 2 fully saturated rings. The third-order valence-electron chi connectivity index (χ3n) is 4.87. The second-order valence-corrected chi connectivity index (χ2v) is 5.45. The van der Waals surface area contributed by atoms with E-state index in [0.29, 0.717) is 11.3 Å². The molecule has 2 bridgehead atoms. The SMILES string of the molecule is O=C1C=C2C=C[C@]34CCCC[C@@H]3[C@]2(C4)O1. The van der Waals surface area contributed by atoms with Crippen molar-refractivity contribution in [3.8, 4) is 0 Å². The second kappa shape index (κ2) is 2.21. The normalized spacial score (nSPS) is 50.0. The van der Waals surface area contributed by atoms with Gasteiger partial charge in [0.25, 0.3) is 0 Å². The summed E-state index contributed by atoms with van der Waals surface area (Å²) in [5, 5.41) is 0. The highest BCUT2D eigenvalue weighted by Gasteiger charge is 2.69. The van der Waals surface area contributed by atoms with Crippen LogP contribution < -0.4 is 0 Å². The molecule has 5 aliphatic rings. The van der Waals surface area contributed by atoms with Crippen molar-refractivity contribution in [3.63, 3.8) is 0 Å². The van der Waals surface area contributed by atoms with Gasteiger partial charge in [0.05, 0.1) is 0 Å². The third-order valence-corrected chi connectivity index (χ3v) is 4.87. The van der Waals surface area contributed by atoms with E-state index in [1.165, 1.54) is 25.7 Å². The van der Waals surface area contributed by atoms with Crippen molar-refractivity contribution < 1.29 is 9.53 Å². The maximum Gasteiger partial charge on any atom is 0.332 e. The van der Waals surface area contributed by atoms with Gasteiger partial charge in [-0.3, -0.25) is 0 Å². The predicted molar refractivity (Wildman–Crippen MR) is 55.1 cm³/mol. The highest BCUT2D eigenvalue weighted by Crippen LogP contribution is 2.69. The van der Waals surface area contributed by atoms with Crippen LogP contribution >= 0.6 is 0 Å². The van der Waals surface area contributed by atoms with Gasteiger partial charge in [0, 0.05) is 24.0 Å². The maximum atomic E-state index is 11.4. The van der Waals surface area contributed by atoms with Gasteiger partial charge in [-0.15, -0.1) is 0 Å². The molecule has 15 heavy (non-hydrogen) atoms. The van der Waals surface area contributed by atoms with Crippen molar-refractivity contribution in [2.75, 3.05) is 0 Å². The first-order chi connectivity index (χ1) is 7.25. The largest absolute Gasteiger partial charge is 0.451 e. The molecule has 0 unspecified atom stereocenters. The predicted octanol–water partition coefficient (Wildman–Crippen LogP) is 2.36. The van der Waals surface area contributed by atoms with Gasteiger partial charge in [-0.2, -0.15) is 0 Å².